The number of halogens is 1. The molecule has 0 aliphatic carbocycles. The summed E-state index contributed by atoms with van der Waals surface area (Å²) in [6.45, 7) is 5.59. The van der Waals surface area contributed by atoms with Crippen molar-refractivity contribution >= 4 is 39.9 Å². The van der Waals surface area contributed by atoms with Crippen LogP contribution in [0.5, 0.6) is 0 Å². The minimum atomic E-state index is -0.124. The molecule has 0 bridgehead atoms. The highest BCUT2D eigenvalue weighted by Gasteiger charge is 2.29. The van der Waals surface area contributed by atoms with Gasteiger partial charge >= 0.3 is 5.97 Å². The van der Waals surface area contributed by atoms with Crippen LogP contribution in [0.4, 0.5) is 5.82 Å². The summed E-state index contributed by atoms with van der Waals surface area (Å²) in [4.78, 5) is 19.2. The molecule has 136 valence electrons. The van der Waals surface area contributed by atoms with Crippen LogP contribution in [0.3, 0.4) is 0 Å². The van der Waals surface area contributed by atoms with Crippen molar-refractivity contribution in [2.45, 2.75) is 26.7 Å². The smallest absolute Gasteiger partial charge is 0.310 e. The Morgan fingerprint density at radius 2 is 2.19 bits per heavy atom. The van der Waals surface area contributed by atoms with Crippen molar-refractivity contribution in [3.63, 3.8) is 0 Å². The lowest BCUT2D eigenvalue weighted by molar-refractivity contribution is -0.148. The lowest BCUT2D eigenvalue weighted by Gasteiger charge is -2.33. The quantitative estimate of drug-likeness (QED) is 0.657. The summed E-state index contributed by atoms with van der Waals surface area (Å²) < 4.78 is 7.02. The normalized spacial score (nSPS) is 17.8. The molecule has 3 aromatic rings. The number of fused-ring (bicyclic) bond motifs is 3. The SMILES string of the molecule is CCOC(=O)C1CCCN(c2nc3c(Cl)c(C)nn3c3ccccc23)C1. The summed E-state index contributed by atoms with van der Waals surface area (Å²) in [6, 6.07) is 8.03. The fraction of sp³-hybridized carbons (Fsp3) is 0.421. The Balaban J connectivity index is 1.82. The van der Waals surface area contributed by atoms with Crippen molar-refractivity contribution in [3.05, 3.63) is 35.0 Å². The highest BCUT2D eigenvalue weighted by atomic mass is 35.5. The van der Waals surface area contributed by atoms with E-state index in [1.54, 1.807) is 4.52 Å². The number of rotatable bonds is 3. The average Bonchev–Trinajstić information content (AvgIpc) is 2.96. The van der Waals surface area contributed by atoms with Crippen LogP contribution in [0.15, 0.2) is 24.3 Å². The summed E-state index contributed by atoms with van der Waals surface area (Å²) >= 11 is 6.43. The molecule has 6 nitrogen and oxygen atoms in total. The van der Waals surface area contributed by atoms with Gasteiger partial charge in [0.1, 0.15) is 10.8 Å². The van der Waals surface area contributed by atoms with Crippen molar-refractivity contribution in [2.75, 3.05) is 24.6 Å². The minimum absolute atomic E-state index is 0.123. The van der Waals surface area contributed by atoms with Crippen LogP contribution in [-0.2, 0) is 9.53 Å². The maximum absolute atomic E-state index is 12.2. The van der Waals surface area contributed by atoms with Crippen LogP contribution < -0.4 is 4.90 Å². The zero-order chi connectivity index (χ0) is 18.3. The first kappa shape index (κ1) is 17.1. The molecule has 2 aromatic heterocycles. The number of carbonyl (C=O) groups is 1. The Morgan fingerprint density at radius 3 is 3.00 bits per heavy atom. The molecule has 3 heterocycles. The Hall–Kier alpha value is -2.34. The number of nitrogens with zero attached hydrogens (tertiary/aromatic N) is 4. The molecule has 1 aliphatic rings. The maximum atomic E-state index is 12.2. The Labute approximate surface area is 156 Å². The summed E-state index contributed by atoms with van der Waals surface area (Å²) in [5.41, 5.74) is 2.36. The molecule has 7 heteroatoms. The molecule has 1 unspecified atom stereocenters. The van der Waals surface area contributed by atoms with E-state index in [9.17, 15) is 4.79 Å². The molecule has 4 rings (SSSR count). The van der Waals surface area contributed by atoms with E-state index in [-0.39, 0.29) is 11.9 Å². The number of benzene rings is 1. The highest BCUT2D eigenvalue weighted by Crippen LogP contribution is 2.32. The van der Waals surface area contributed by atoms with Crippen LogP contribution in [-0.4, -0.2) is 40.3 Å². The molecular weight excluding hydrogens is 352 g/mol. The third kappa shape index (κ3) is 2.78. The minimum Gasteiger partial charge on any atom is -0.466 e. The second-order valence-corrected chi connectivity index (χ2v) is 7.00. The molecule has 0 saturated carbocycles. The number of aryl methyl sites for hydroxylation is 1. The van der Waals surface area contributed by atoms with Gasteiger partial charge in [-0.1, -0.05) is 23.7 Å². The van der Waals surface area contributed by atoms with Gasteiger partial charge in [-0.3, -0.25) is 4.79 Å². The molecule has 0 N–H and O–H groups in total. The summed E-state index contributed by atoms with van der Waals surface area (Å²) in [6.07, 6.45) is 1.78. The monoisotopic (exact) mass is 372 g/mol. The van der Waals surface area contributed by atoms with Crippen LogP contribution in [0, 0.1) is 12.8 Å². The van der Waals surface area contributed by atoms with E-state index in [4.69, 9.17) is 21.3 Å². The van der Waals surface area contributed by atoms with E-state index < -0.39 is 0 Å². The summed E-state index contributed by atoms with van der Waals surface area (Å²) in [5.74, 6) is 0.604. The van der Waals surface area contributed by atoms with Gasteiger partial charge in [-0.25, -0.2) is 9.50 Å². The van der Waals surface area contributed by atoms with Crippen molar-refractivity contribution < 1.29 is 9.53 Å². The van der Waals surface area contributed by atoms with Crippen LogP contribution in [0.1, 0.15) is 25.5 Å². The van der Waals surface area contributed by atoms with E-state index in [0.717, 1.165) is 41.8 Å². The first-order chi connectivity index (χ1) is 12.6. The average molecular weight is 373 g/mol. The topological polar surface area (TPSA) is 59.7 Å². The molecule has 1 aliphatic heterocycles. The van der Waals surface area contributed by atoms with Gasteiger partial charge in [0, 0.05) is 18.5 Å². The molecular formula is C19H21ClN4O2. The molecule has 0 amide bonds. The number of piperidine rings is 1. The fourth-order valence-electron chi connectivity index (χ4n) is 3.63. The third-order valence-electron chi connectivity index (χ3n) is 4.89. The standard InChI is InChI=1S/C19H21ClN4O2/c1-3-26-19(25)13-7-6-10-23(11-13)17-14-8-4-5-9-15(14)24-18(21-17)16(20)12(2)22-24/h4-5,8-9,13H,3,6-7,10-11H2,1-2H3. The Bertz CT molecular complexity index is 984. The van der Waals surface area contributed by atoms with Gasteiger partial charge in [0.25, 0.3) is 0 Å². The lowest BCUT2D eigenvalue weighted by Crippen LogP contribution is -2.40. The first-order valence-corrected chi connectivity index (χ1v) is 9.33. The van der Waals surface area contributed by atoms with Crippen molar-refractivity contribution in [3.8, 4) is 0 Å². The van der Waals surface area contributed by atoms with E-state index in [2.05, 4.69) is 10.00 Å². The second kappa shape index (κ2) is 6.76. The number of hydrogen-bond donors (Lipinski definition) is 0. The zero-order valence-electron chi connectivity index (χ0n) is 14.9. The maximum Gasteiger partial charge on any atom is 0.310 e. The molecule has 1 fully saturated rings. The molecule has 0 radical (unpaired) electrons. The van der Waals surface area contributed by atoms with Gasteiger partial charge in [-0.15, -0.1) is 0 Å². The fourth-order valence-corrected chi connectivity index (χ4v) is 3.79. The molecule has 1 saturated heterocycles. The van der Waals surface area contributed by atoms with Gasteiger partial charge in [0.15, 0.2) is 5.65 Å². The van der Waals surface area contributed by atoms with E-state index in [1.165, 1.54) is 0 Å². The van der Waals surface area contributed by atoms with Gasteiger partial charge in [0.05, 0.1) is 23.7 Å². The van der Waals surface area contributed by atoms with Crippen molar-refractivity contribution in [1.82, 2.24) is 14.6 Å². The van der Waals surface area contributed by atoms with Gasteiger partial charge in [-0.2, -0.15) is 5.10 Å². The van der Waals surface area contributed by atoms with Crippen LogP contribution >= 0.6 is 11.6 Å². The Morgan fingerprint density at radius 1 is 1.38 bits per heavy atom. The second-order valence-electron chi connectivity index (χ2n) is 6.62. The summed E-state index contributed by atoms with van der Waals surface area (Å²) in [5, 5.41) is 6.09. The number of ether oxygens (including phenoxy) is 1. The van der Waals surface area contributed by atoms with Crippen LogP contribution in [0.2, 0.25) is 5.02 Å². The largest absolute Gasteiger partial charge is 0.466 e. The number of anilines is 1. The number of aromatic nitrogens is 3. The number of esters is 1. The van der Waals surface area contributed by atoms with Gasteiger partial charge < -0.3 is 9.64 Å². The number of para-hydroxylation sites is 1. The molecule has 26 heavy (non-hydrogen) atoms. The first-order valence-electron chi connectivity index (χ1n) is 8.95. The van der Waals surface area contributed by atoms with Gasteiger partial charge in [-0.05, 0) is 38.8 Å². The number of carbonyl (C=O) groups excluding carboxylic acids is 1. The van der Waals surface area contributed by atoms with Gasteiger partial charge in [0.2, 0.25) is 0 Å². The van der Waals surface area contributed by atoms with E-state index in [1.807, 2.05) is 38.1 Å². The third-order valence-corrected chi connectivity index (χ3v) is 5.33. The predicted molar refractivity (Wildman–Crippen MR) is 102 cm³/mol. The lowest BCUT2D eigenvalue weighted by atomic mass is 9.98. The zero-order valence-corrected chi connectivity index (χ0v) is 15.7. The molecule has 1 atom stereocenters. The molecule has 1 aromatic carbocycles. The Kier molecular flexibility index (Phi) is 4.44. The highest BCUT2D eigenvalue weighted by molar-refractivity contribution is 6.34. The summed E-state index contributed by atoms with van der Waals surface area (Å²) in [7, 11) is 0. The van der Waals surface area contributed by atoms with Crippen molar-refractivity contribution in [2.24, 2.45) is 5.92 Å². The van der Waals surface area contributed by atoms with E-state index in [0.29, 0.717) is 23.8 Å². The predicted octanol–water partition coefficient (Wildman–Crippen LogP) is 3.62. The molecule has 0 spiro atoms. The van der Waals surface area contributed by atoms with Crippen LogP contribution in [0.25, 0.3) is 16.6 Å². The van der Waals surface area contributed by atoms with Crippen molar-refractivity contribution in [1.29, 1.82) is 0 Å². The van der Waals surface area contributed by atoms with E-state index >= 15 is 0 Å². The number of hydrogen-bond acceptors (Lipinski definition) is 5.